The summed E-state index contributed by atoms with van der Waals surface area (Å²) in [7, 11) is 1.43. The van der Waals surface area contributed by atoms with E-state index in [9.17, 15) is 4.79 Å². The standard InChI is InChI=1S/C10H13ClINO2S/c1-6-7(5-8(11)13(6)16-12)9(14)15-10(2,3)4/h5H,1-4H3. The van der Waals surface area contributed by atoms with E-state index >= 15 is 0 Å². The first-order chi connectivity index (χ1) is 7.26. The van der Waals surface area contributed by atoms with Gasteiger partial charge in [0.05, 0.1) is 5.56 Å². The van der Waals surface area contributed by atoms with Crippen LogP contribution >= 0.6 is 41.9 Å². The molecule has 90 valence electrons. The molecule has 0 radical (unpaired) electrons. The van der Waals surface area contributed by atoms with Crippen molar-refractivity contribution in [2.45, 2.75) is 33.3 Å². The Morgan fingerprint density at radius 3 is 2.50 bits per heavy atom. The first kappa shape index (κ1) is 14.2. The van der Waals surface area contributed by atoms with E-state index in [1.165, 1.54) is 9.12 Å². The molecule has 16 heavy (non-hydrogen) atoms. The fourth-order valence-corrected chi connectivity index (χ4v) is 3.71. The summed E-state index contributed by atoms with van der Waals surface area (Å²) < 4.78 is 7.07. The average Bonchev–Trinajstić information content (AvgIpc) is 2.38. The monoisotopic (exact) mass is 373 g/mol. The molecule has 1 rings (SSSR count). The fraction of sp³-hybridized carbons (Fsp3) is 0.500. The highest BCUT2D eigenvalue weighted by Crippen LogP contribution is 2.29. The van der Waals surface area contributed by atoms with Gasteiger partial charge >= 0.3 is 5.97 Å². The summed E-state index contributed by atoms with van der Waals surface area (Å²) >= 11 is 8.11. The second kappa shape index (κ2) is 5.18. The van der Waals surface area contributed by atoms with Crippen LogP contribution in [0.15, 0.2) is 6.07 Å². The summed E-state index contributed by atoms with van der Waals surface area (Å²) in [5, 5.41) is 0.526. The van der Waals surface area contributed by atoms with Crippen LogP contribution in [0.4, 0.5) is 0 Å². The Kier molecular flexibility index (Phi) is 4.59. The van der Waals surface area contributed by atoms with Gasteiger partial charge in [-0.2, -0.15) is 0 Å². The van der Waals surface area contributed by atoms with Gasteiger partial charge in [0.15, 0.2) is 0 Å². The molecule has 0 saturated carbocycles. The van der Waals surface area contributed by atoms with Crippen LogP contribution in [0.2, 0.25) is 5.15 Å². The van der Waals surface area contributed by atoms with Gasteiger partial charge in [0.2, 0.25) is 0 Å². The Labute approximate surface area is 117 Å². The van der Waals surface area contributed by atoms with Gasteiger partial charge in [-0.25, -0.2) is 4.79 Å². The van der Waals surface area contributed by atoms with Gasteiger partial charge < -0.3 is 4.74 Å². The molecule has 0 saturated heterocycles. The third-order valence-corrected chi connectivity index (χ3v) is 4.01. The van der Waals surface area contributed by atoms with E-state index in [1.54, 1.807) is 10.0 Å². The van der Waals surface area contributed by atoms with E-state index in [4.69, 9.17) is 16.3 Å². The third-order valence-electron chi connectivity index (χ3n) is 1.84. The Bertz CT molecular complexity index is 412. The van der Waals surface area contributed by atoms with E-state index in [0.29, 0.717) is 10.7 Å². The molecule has 0 spiro atoms. The Morgan fingerprint density at radius 2 is 2.12 bits per heavy atom. The normalized spacial score (nSPS) is 11.6. The molecule has 1 aromatic rings. The van der Waals surface area contributed by atoms with Gasteiger partial charge in [-0.1, -0.05) is 11.6 Å². The number of carbonyl (C=O) groups excluding carboxylic acids is 1. The lowest BCUT2D eigenvalue weighted by atomic mass is 10.2. The van der Waals surface area contributed by atoms with Crippen LogP contribution in [0, 0.1) is 6.92 Å². The van der Waals surface area contributed by atoms with E-state index in [1.807, 2.05) is 27.7 Å². The summed E-state index contributed by atoms with van der Waals surface area (Å²) in [4.78, 5) is 11.9. The number of halogens is 2. The number of hydrogen-bond donors (Lipinski definition) is 0. The van der Waals surface area contributed by atoms with E-state index in [-0.39, 0.29) is 5.97 Å². The van der Waals surface area contributed by atoms with Crippen LogP contribution in [0.5, 0.6) is 0 Å². The lowest BCUT2D eigenvalue weighted by Gasteiger charge is -2.19. The van der Waals surface area contributed by atoms with Crippen molar-refractivity contribution in [2.24, 2.45) is 0 Å². The minimum Gasteiger partial charge on any atom is -0.456 e. The van der Waals surface area contributed by atoms with Gasteiger partial charge in [-0.05, 0) is 33.8 Å². The molecular formula is C10H13ClINO2S. The molecule has 0 aliphatic heterocycles. The smallest absolute Gasteiger partial charge is 0.340 e. The van der Waals surface area contributed by atoms with Crippen LogP contribution in [-0.4, -0.2) is 15.5 Å². The summed E-state index contributed by atoms with van der Waals surface area (Å²) in [6, 6.07) is 1.64. The molecule has 6 heteroatoms. The summed E-state index contributed by atoms with van der Waals surface area (Å²) in [6.07, 6.45) is 0. The van der Waals surface area contributed by atoms with Crippen molar-refractivity contribution in [3.8, 4) is 0 Å². The van der Waals surface area contributed by atoms with Gasteiger partial charge in [0.1, 0.15) is 10.8 Å². The molecule has 0 aromatic carbocycles. The number of rotatable bonds is 2. The number of carbonyl (C=O) groups is 1. The van der Waals surface area contributed by atoms with Crippen molar-refractivity contribution in [3.63, 3.8) is 0 Å². The zero-order valence-electron chi connectivity index (χ0n) is 9.51. The summed E-state index contributed by atoms with van der Waals surface area (Å²) in [6.45, 7) is 7.36. The minimum atomic E-state index is -0.491. The fourth-order valence-electron chi connectivity index (χ4n) is 1.18. The van der Waals surface area contributed by atoms with Crippen molar-refractivity contribution >= 4 is 47.9 Å². The van der Waals surface area contributed by atoms with Crippen molar-refractivity contribution in [1.82, 2.24) is 3.97 Å². The second-order valence-corrected chi connectivity index (χ2v) is 6.40. The Balaban J connectivity index is 3.01. The van der Waals surface area contributed by atoms with Gasteiger partial charge in [0.25, 0.3) is 0 Å². The number of ether oxygens (including phenoxy) is 1. The number of hydrogen-bond acceptors (Lipinski definition) is 3. The van der Waals surface area contributed by atoms with E-state index < -0.39 is 5.60 Å². The molecule has 0 unspecified atom stereocenters. The quantitative estimate of drug-likeness (QED) is 0.573. The first-order valence-corrected chi connectivity index (χ1v) is 8.36. The molecule has 0 amide bonds. The maximum Gasteiger partial charge on any atom is 0.340 e. The SMILES string of the molecule is Cc1c(C(=O)OC(C)(C)C)cc(Cl)n1SI. The van der Waals surface area contributed by atoms with Crippen LogP contribution in [0.1, 0.15) is 36.8 Å². The zero-order valence-corrected chi connectivity index (χ0v) is 13.2. The number of nitrogens with zero attached hydrogens (tertiary/aromatic N) is 1. The van der Waals surface area contributed by atoms with Crippen LogP contribution in [0.3, 0.4) is 0 Å². The van der Waals surface area contributed by atoms with Crippen LogP contribution < -0.4 is 0 Å². The largest absolute Gasteiger partial charge is 0.456 e. The highest BCUT2D eigenvalue weighted by molar-refractivity contribution is 14.2. The highest BCUT2D eigenvalue weighted by atomic mass is 127. The first-order valence-electron chi connectivity index (χ1n) is 4.66. The Hall–Kier alpha value is 0.120. The molecule has 0 aliphatic carbocycles. The summed E-state index contributed by atoms with van der Waals surface area (Å²) in [5.74, 6) is -0.337. The number of aromatic nitrogens is 1. The molecule has 3 nitrogen and oxygen atoms in total. The van der Waals surface area contributed by atoms with E-state index in [2.05, 4.69) is 21.2 Å². The van der Waals surface area contributed by atoms with Crippen molar-refractivity contribution in [1.29, 1.82) is 0 Å². The predicted octanol–water partition coefficient (Wildman–Crippen LogP) is 4.25. The summed E-state index contributed by atoms with van der Waals surface area (Å²) in [5.41, 5.74) is 0.831. The topological polar surface area (TPSA) is 31.2 Å². The maximum absolute atomic E-state index is 11.9. The Morgan fingerprint density at radius 1 is 1.56 bits per heavy atom. The van der Waals surface area contributed by atoms with Crippen molar-refractivity contribution < 1.29 is 9.53 Å². The van der Waals surface area contributed by atoms with Gasteiger partial charge in [0, 0.05) is 36.0 Å². The zero-order chi connectivity index (χ0) is 12.5. The highest BCUT2D eigenvalue weighted by Gasteiger charge is 2.22. The third kappa shape index (κ3) is 3.30. The molecule has 0 N–H and O–H groups in total. The van der Waals surface area contributed by atoms with Crippen LogP contribution in [-0.2, 0) is 4.74 Å². The molecule has 1 heterocycles. The molecular weight excluding hydrogens is 361 g/mol. The van der Waals surface area contributed by atoms with Gasteiger partial charge in [-0.15, -0.1) is 0 Å². The lowest BCUT2D eigenvalue weighted by Crippen LogP contribution is -2.24. The molecule has 0 fully saturated rings. The number of esters is 1. The second-order valence-electron chi connectivity index (χ2n) is 4.33. The van der Waals surface area contributed by atoms with Crippen molar-refractivity contribution in [3.05, 3.63) is 22.5 Å². The molecule has 0 aliphatic rings. The van der Waals surface area contributed by atoms with Crippen molar-refractivity contribution in [2.75, 3.05) is 0 Å². The molecule has 0 bridgehead atoms. The molecule has 1 aromatic heterocycles. The van der Waals surface area contributed by atoms with Gasteiger partial charge in [-0.3, -0.25) is 3.97 Å². The lowest BCUT2D eigenvalue weighted by molar-refractivity contribution is 0.00689. The predicted molar refractivity (Wildman–Crippen MR) is 76.4 cm³/mol. The van der Waals surface area contributed by atoms with Crippen LogP contribution in [0.25, 0.3) is 0 Å². The molecule has 0 atom stereocenters. The minimum absolute atomic E-state index is 0.337. The average molecular weight is 374 g/mol. The maximum atomic E-state index is 11.9. The van der Waals surface area contributed by atoms with E-state index in [0.717, 1.165) is 5.69 Å².